The van der Waals surface area contributed by atoms with E-state index in [1.54, 1.807) is 29.2 Å². The summed E-state index contributed by atoms with van der Waals surface area (Å²) in [5.74, 6) is -1.99. The van der Waals surface area contributed by atoms with Gasteiger partial charge in [-0.25, -0.2) is 9.97 Å². The van der Waals surface area contributed by atoms with Gasteiger partial charge in [0, 0.05) is 70.4 Å². The number of hydrogen-bond donors (Lipinski definition) is 4. The summed E-state index contributed by atoms with van der Waals surface area (Å²) in [5.41, 5.74) is 11.4. The van der Waals surface area contributed by atoms with E-state index in [0.29, 0.717) is 24.7 Å². The van der Waals surface area contributed by atoms with Crippen LogP contribution in [0.15, 0.2) is 84.6 Å². The van der Waals surface area contributed by atoms with Crippen LogP contribution in [0, 0.1) is 12.3 Å². The van der Waals surface area contributed by atoms with Crippen LogP contribution in [0.2, 0.25) is 0 Å². The maximum atomic E-state index is 14.0. The van der Waals surface area contributed by atoms with E-state index in [9.17, 15) is 37.5 Å². The molecule has 0 unspecified atom stereocenters. The van der Waals surface area contributed by atoms with Crippen LogP contribution in [-0.4, -0.2) is 142 Å². The molecule has 22 heteroatoms. The van der Waals surface area contributed by atoms with Crippen molar-refractivity contribution in [3.63, 3.8) is 0 Å². The third kappa shape index (κ3) is 13.8. The van der Waals surface area contributed by atoms with E-state index >= 15 is 0 Å². The quantitative estimate of drug-likeness (QED) is 0.0554. The zero-order chi connectivity index (χ0) is 54.3. The fourth-order valence-corrected chi connectivity index (χ4v) is 11.2. The van der Waals surface area contributed by atoms with Crippen molar-refractivity contribution in [3.8, 4) is 21.2 Å². The van der Waals surface area contributed by atoms with E-state index in [0.717, 1.165) is 81.9 Å². The number of benzene rings is 3. The predicted molar refractivity (Wildman–Crippen MR) is 283 cm³/mol. The molecule has 0 spiro atoms. The molecule has 2 aliphatic heterocycles. The van der Waals surface area contributed by atoms with E-state index in [4.69, 9.17) is 19.9 Å². The Morgan fingerprint density at radius 2 is 1.62 bits per heavy atom. The number of thiazole rings is 1. The number of imidazole rings is 1. The third-order valence-corrected chi connectivity index (χ3v) is 15.6. The topological polar surface area (TPSA) is 207 Å². The van der Waals surface area contributed by atoms with E-state index in [2.05, 4.69) is 30.4 Å². The molecular weight excluding hydrogens is 1020 g/mol. The number of nitrogens with one attached hydrogen (secondary N) is 2. The van der Waals surface area contributed by atoms with Gasteiger partial charge in [0.25, 0.3) is 5.91 Å². The predicted octanol–water partition coefficient (Wildman–Crippen LogP) is 6.74. The number of thiophene rings is 1. The number of fused-ring (bicyclic) bond motifs is 1. The molecule has 76 heavy (non-hydrogen) atoms. The summed E-state index contributed by atoms with van der Waals surface area (Å²) in [7, 11) is 0. The number of aliphatic hydroxyl groups is 1. The normalized spacial score (nSPS) is 17.5. The number of hydrogen-bond acceptors (Lipinski definition) is 14. The molecule has 0 bridgehead atoms. The van der Waals surface area contributed by atoms with Crippen LogP contribution in [0.25, 0.3) is 26.5 Å². The Morgan fingerprint density at radius 1 is 0.908 bits per heavy atom. The van der Waals surface area contributed by atoms with Gasteiger partial charge in [-0.1, -0.05) is 69.3 Å². The number of aliphatic hydroxyl groups excluding tert-OH is 1. The van der Waals surface area contributed by atoms with Crippen molar-refractivity contribution in [1.29, 1.82) is 0 Å². The Hall–Kier alpha value is -6.27. The first-order valence-electron chi connectivity index (χ1n) is 25.1. The molecule has 4 atom stereocenters. The highest BCUT2D eigenvalue weighted by molar-refractivity contribution is 7.16. The molecule has 3 aromatic carbocycles. The summed E-state index contributed by atoms with van der Waals surface area (Å²) in [6, 6.07) is 18.7. The Labute approximate surface area is 447 Å². The number of nitrogens with zero attached hydrogens (tertiary/aromatic N) is 6. The van der Waals surface area contributed by atoms with E-state index < -0.39 is 59.2 Å². The lowest BCUT2D eigenvalue weighted by molar-refractivity contribution is -0.144. The SMILES string of the molecule is Cc1ncsc1-c1ccc(CNC(=O)[C@@H]2C[C@@H](O)CN2C(=O)[C@@H](NC(=O)COCCOCCN2CCN(Cc3ccc4ncn(-c5cc(O[C@H](C)c6ccccc6C(F)(F)F)c(C(N)=O)s5)c4c3)CC2)C(C)(C)C)cc1. The highest BCUT2D eigenvalue weighted by atomic mass is 32.1. The summed E-state index contributed by atoms with van der Waals surface area (Å²) in [4.78, 5) is 69.2. The van der Waals surface area contributed by atoms with Gasteiger partial charge in [0.05, 0.1) is 58.6 Å². The lowest BCUT2D eigenvalue weighted by Crippen LogP contribution is -2.58. The van der Waals surface area contributed by atoms with Crippen LogP contribution in [0.1, 0.15) is 77.8 Å². The molecule has 17 nitrogen and oxygen atoms in total. The largest absolute Gasteiger partial charge is 0.484 e. The molecule has 8 rings (SSSR count). The molecule has 406 valence electrons. The standard InChI is InChI=1S/C54H64F3N9O8S2/c1-33-47(75-32-61-33)37-13-10-35(11-14-37)27-59-51(70)43-25-38(67)29-65(43)52(71)49(53(3,4)5)62-45(68)30-73-23-22-72-21-20-63-16-18-64(19-17-63)28-36-12-15-41-42(24-36)66(31-60-41)46-26-44(48(76-46)50(58)69)74-34(2)39-8-6-7-9-40(39)54(55,56)57/h6-15,24,26,31-32,34,38,43,49,67H,16-23,25,27-30H2,1-5H3,(H2,58,69)(H,59,70)(H,62,68)/t34-,38-,43+,49-/m1/s1. The molecule has 0 radical (unpaired) electrons. The molecule has 2 fully saturated rings. The molecule has 3 aromatic heterocycles. The van der Waals surface area contributed by atoms with Crippen molar-refractivity contribution in [2.24, 2.45) is 11.1 Å². The maximum absolute atomic E-state index is 14.0. The first-order chi connectivity index (χ1) is 36.2. The number of primary amides is 1. The minimum absolute atomic E-state index is 0.0295. The molecule has 2 saturated heterocycles. The lowest BCUT2D eigenvalue weighted by atomic mass is 9.85. The summed E-state index contributed by atoms with van der Waals surface area (Å²) in [5, 5.41) is 16.9. The molecule has 5 heterocycles. The number of piperazine rings is 1. The van der Waals surface area contributed by atoms with Crippen LogP contribution < -0.4 is 21.1 Å². The van der Waals surface area contributed by atoms with E-state index in [1.807, 2.05) is 74.7 Å². The van der Waals surface area contributed by atoms with Gasteiger partial charge in [-0.3, -0.25) is 33.5 Å². The zero-order valence-corrected chi connectivity index (χ0v) is 44.7. The molecule has 0 saturated carbocycles. The van der Waals surface area contributed by atoms with E-state index in [-0.39, 0.29) is 61.4 Å². The highest BCUT2D eigenvalue weighted by Gasteiger charge is 2.44. The Balaban J connectivity index is 0.745. The number of likely N-dealkylation sites (tertiary alicyclic amines) is 1. The van der Waals surface area contributed by atoms with Gasteiger partial charge in [0.2, 0.25) is 17.7 Å². The van der Waals surface area contributed by atoms with Crippen LogP contribution in [0.5, 0.6) is 5.75 Å². The van der Waals surface area contributed by atoms with Gasteiger partial charge >= 0.3 is 6.18 Å². The minimum Gasteiger partial charge on any atom is -0.484 e. The smallest absolute Gasteiger partial charge is 0.416 e. The van der Waals surface area contributed by atoms with Crippen LogP contribution in [0.4, 0.5) is 13.2 Å². The lowest BCUT2D eigenvalue weighted by Gasteiger charge is -2.35. The summed E-state index contributed by atoms with van der Waals surface area (Å²) in [6.45, 7) is 14.5. The van der Waals surface area contributed by atoms with Crippen molar-refractivity contribution in [3.05, 3.63) is 117 Å². The number of ether oxygens (including phenoxy) is 3. The fourth-order valence-electron chi connectivity index (χ4n) is 9.42. The molecule has 6 aromatic rings. The van der Waals surface area contributed by atoms with Crippen molar-refractivity contribution >= 4 is 57.3 Å². The number of carbonyl (C=O) groups is 4. The number of aryl methyl sites for hydroxylation is 1. The van der Waals surface area contributed by atoms with Gasteiger partial charge in [-0.05, 0) is 54.2 Å². The first-order valence-corrected chi connectivity index (χ1v) is 26.8. The van der Waals surface area contributed by atoms with Gasteiger partial charge < -0.3 is 40.6 Å². The van der Waals surface area contributed by atoms with Crippen molar-refractivity contribution < 1.29 is 51.7 Å². The number of alkyl halides is 3. The van der Waals surface area contributed by atoms with Gasteiger partial charge in [0.1, 0.15) is 46.7 Å². The second-order valence-corrected chi connectivity index (χ2v) is 22.0. The fraction of sp³-hybridized carbons (Fsp3) is 0.444. The molecule has 2 aliphatic rings. The second-order valence-electron chi connectivity index (χ2n) is 20.2. The Morgan fingerprint density at radius 3 is 2.32 bits per heavy atom. The van der Waals surface area contributed by atoms with Crippen molar-refractivity contribution in [1.82, 2.24) is 39.9 Å². The zero-order valence-electron chi connectivity index (χ0n) is 43.1. The number of aromatic nitrogens is 3. The average molecular weight is 1090 g/mol. The summed E-state index contributed by atoms with van der Waals surface area (Å²) in [6.07, 6.45) is -4.78. The summed E-state index contributed by atoms with van der Waals surface area (Å²) < 4.78 is 60.6. The minimum atomic E-state index is -4.58. The van der Waals surface area contributed by atoms with Gasteiger partial charge in [-0.2, -0.15) is 13.2 Å². The van der Waals surface area contributed by atoms with Crippen LogP contribution in [0.3, 0.4) is 0 Å². The van der Waals surface area contributed by atoms with Gasteiger partial charge in [-0.15, -0.1) is 22.7 Å². The highest BCUT2D eigenvalue weighted by Crippen LogP contribution is 2.40. The van der Waals surface area contributed by atoms with Crippen molar-refractivity contribution in [2.45, 2.75) is 84.6 Å². The van der Waals surface area contributed by atoms with E-state index in [1.165, 1.54) is 30.0 Å². The number of halogens is 3. The van der Waals surface area contributed by atoms with Crippen LogP contribution in [-0.2, 0) is 43.1 Å². The molecule has 5 N–H and O–H groups in total. The van der Waals surface area contributed by atoms with Crippen LogP contribution >= 0.6 is 22.7 Å². The molecular formula is C54H64F3N9O8S2. The maximum Gasteiger partial charge on any atom is 0.416 e. The van der Waals surface area contributed by atoms with Crippen molar-refractivity contribution in [2.75, 3.05) is 65.7 Å². The Kier molecular flexibility index (Phi) is 17.9. The molecule has 4 amide bonds. The number of rotatable bonds is 21. The Bertz CT molecular complexity index is 2980. The number of carbonyl (C=O) groups excluding carboxylic acids is 4. The average Bonchev–Trinajstić information content (AvgIpc) is 4.21. The monoisotopic (exact) mass is 1090 g/mol. The molecule has 0 aliphatic carbocycles. The number of amides is 4. The second kappa shape index (κ2) is 24.4. The number of nitrogens with two attached hydrogens (primary N) is 1. The van der Waals surface area contributed by atoms with Gasteiger partial charge in [0.15, 0.2) is 0 Å². The first kappa shape index (κ1) is 55.9. The number of β-amino-alcohol motifs (C(OH)–C–C–N with tert-alkyl or cyclic N) is 1. The third-order valence-electron chi connectivity index (χ3n) is 13.5. The summed E-state index contributed by atoms with van der Waals surface area (Å²) >= 11 is 2.64.